The van der Waals surface area contributed by atoms with Crippen LogP contribution in [0.3, 0.4) is 0 Å². The molecule has 3 rings (SSSR count). The molecule has 40 heavy (non-hydrogen) atoms. The molecule has 0 aliphatic heterocycles. The molecule has 0 saturated heterocycles. The minimum atomic E-state index is -3.67. The highest BCUT2D eigenvalue weighted by Gasteiger charge is 2.31. The van der Waals surface area contributed by atoms with Gasteiger partial charge in [-0.2, -0.15) is 0 Å². The molecule has 0 radical (unpaired) electrons. The van der Waals surface area contributed by atoms with Crippen LogP contribution in [0.1, 0.15) is 37.8 Å². The molecule has 9 heteroatoms. The number of nitrogens with zero attached hydrogens (tertiary/aromatic N) is 2. The summed E-state index contributed by atoms with van der Waals surface area (Å²) in [6, 6.07) is 24.4. The number of amides is 2. The van der Waals surface area contributed by atoms with Crippen molar-refractivity contribution in [3.63, 3.8) is 0 Å². The summed E-state index contributed by atoms with van der Waals surface area (Å²) in [7, 11) is -0.578. The maximum Gasteiger partial charge on any atom is 0.243 e. The number of methoxy groups -OCH3 is 1. The topological polar surface area (TPSA) is 96.0 Å². The second-order valence-corrected chi connectivity index (χ2v) is 12.0. The van der Waals surface area contributed by atoms with Gasteiger partial charge in [0.25, 0.3) is 0 Å². The fraction of sp³-hybridized carbons (Fsp3) is 0.355. The van der Waals surface area contributed by atoms with Crippen LogP contribution in [0.4, 0.5) is 0 Å². The maximum atomic E-state index is 13.8. The first-order valence-electron chi connectivity index (χ1n) is 13.4. The van der Waals surface area contributed by atoms with Crippen molar-refractivity contribution in [2.24, 2.45) is 0 Å². The Kier molecular flexibility index (Phi) is 11.3. The van der Waals surface area contributed by atoms with Crippen LogP contribution in [-0.2, 0) is 32.6 Å². The lowest BCUT2D eigenvalue weighted by molar-refractivity contribution is -0.141. The quantitative estimate of drug-likeness (QED) is 0.315. The number of ether oxygens (including phenoxy) is 1. The van der Waals surface area contributed by atoms with Crippen LogP contribution in [0.15, 0.2) is 89.8 Å². The SMILES string of the molecule is COc1cccc(CN(C(=O)CCCN(C)S(=O)(=O)c2ccccc2)[C@@H](Cc2ccccc2)C(=O)NC(C)C)c1. The van der Waals surface area contributed by atoms with E-state index in [-0.39, 0.29) is 42.3 Å². The molecule has 2 amide bonds. The molecule has 0 bridgehead atoms. The standard InChI is InChI=1S/C31H39N3O5S/c1-24(2)32-31(36)29(22-25-13-7-5-8-14-25)34(23-26-15-11-16-27(21-26)39-4)30(35)19-12-20-33(3)40(37,38)28-17-9-6-10-18-28/h5-11,13-18,21,24,29H,12,19-20,22-23H2,1-4H3,(H,32,36)/t29-/m0/s1. The third kappa shape index (κ3) is 8.66. The monoisotopic (exact) mass is 565 g/mol. The third-order valence-corrected chi connectivity index (χ3v) is 8.38. The van der Waals surface area contributed by atoms with Gasteiger partial charge in [-0.3, -0.25) is 9.59 Å². The average molecular weight is 566 g/mol. The Morgan fingerprint density at radius 3 is 2.15 bits per heavy atom. The second-order valence-electron chi connectivity index (χ2n) is 9.99. The highest BCUT2D eigenvalue weighted by Crippen LogP contribution is 2.20. The van der Waals surface area contributed by atoms with Gasteiger partial charge in [0.2, 0.25) is 21.8 Å². The Hall–Kier alpha value is -3.69. The fourth-order valence-corrected chi connectivity index (χ4v) is 5.62. The van der Waals surface area contributed by atoms with E-state index >= 15 is 0 Å². The Morgan fingerprint density at radius 2 is 1.52 bits per heavy atom. The Labute approximate surface area is 238 Å². The largest absolute Gasteiger partial charge is 0.497 e. The predicted molar refractivity (Wildman–Crippen MR) is 156 cm³/mol. The first kappa shape index (κ1) is 30.8. The van der Waals surface area contributed by atoms with Crippen molar-refractivity contribution in [2.75, 3.05) is 20.7 Å². The summed E-state index contributed by atoms with van der Waals surface area (Å²) in [5.41, 5.74) is 1.76. The molecule has 3 aromatic rings. The van der Waals surface area contributed by atoms with Crippen LogP contribution in [0.5, 0.6) is 5.75 Å². The molecule has 0 aromatic heterocycles. The van der Waals surface area contributed by atoms with E-state index in [2.05, 4.69) is 5.32 Å². The molecular formula is C31H39N3O5S. The van der Waals surface area contributed by atoms with Crippen molar-refractivity contribution in [2.45, 2.75) is 56.6 Å². The second kappa shape index (κ2) is 14.6. The highest BCUT2D eigenvalue weighted by atomic mass is 32.2. The van der Waals surface area contributed by atoms with E-state index in [0.717, 1.165) is 11.1 Å². The zero-order chi connectivity index (χ0) is 29.1. The van der Waals surface area contributed by atoms with Gasteiger partial charge >= 0.3 is 0 Å². The van der Waals surface area contributed by atoms with Gasteiger partial charge in [-0.1, -0.05) is 60.7 Å². The molecule has 0 spiro atoms. The summed E-state index contributed by atoms with van der Waals surface area (Å²) in [4.78, 5) is 29.0. The molecule has 0 fully saturated rings. The summed E-state index contributed by atoms with van der Waals surface area (Å²) in [6.07, 6.45) is 0.732. The molecule has 0 unspecified atom stereocenters. The van der Waals surface area contributed by atoms with Gasteiger partial charge in [-0.05, 0) is 55.7 Å². The first-order chi connectivity index (χ1) is 19.1. The zero-order valence-corrected chi connectivity index (χ0v) is 24.4. The Balaban J connectivity index is 1.84. The van der Waals surface area contributed by atoms with Crippen molar-refractivity contribution in [3.8, 4) is 5.75 Å². The molecule has 8 nitrogen and oxygen atoms in total. The first-order valence-corrected chi connectivity index (χ1v) is 14.8. The van der Waals surface area contributed by atoms with Crippen LogP contribution in [0.2, 0.25) is 0 Å². The Morgan fingerprint density at radius 1 is 0.900 bits per heavy atom. The van der Waals surface area contributed by atoms with Crippen molar-refractivity contribution < 1.29 is 22.7 Å². The molecule has 214 valence electrons. The van der Waals surface area contributed by atoms with E-state index in [1.54, 1.807) is 42.3 Å². The molecular weight excluding hydrogens is 526 g/mol. The number of carbonyl (C=O) groups is 2. The number of rotatable bonds is 14. The van der Waals surface area contributed by atoms with Gasteiger partial charge in [-0.15, -0.1) is 0 Å². The lowest BCUT2D eigenvalue weighted by atomic mass is 10.0. The summed E-state index contributed by atoms with van der Waals surface area (Å²) in [6.45, 7) is 4.14. The highest BCUT2D eigenvalue weighted by molar-refractivity contribution is 7.89. The lowest BCUT2D eigenvalue weighted by Crippen LogP contribution is -2.51. The number of carbonyl (C=O) groups excluding carboxylic acids is 2. The van der Waals surface area contributed by atoms with E-state index in [9.17, 15) is 18.0 Å². The van der Waals surface area contributed by atoms with Crippen molar-refractivity contribution in [3.05, 3.63) is 96.1 Å². The van der Waals surface area contributed by atoms with Crippen LogP contribution < -0.4 is 10.1 Å². The summed E-state index contributed by atoms with van der Waals surface area (Å²) >= 11 is 0. The summed E-state index contributed by atoms with van der Waals surface area (Å²) < 4.78 is 32.5. The average Bonchev–Trinajstić information content (AvgIpc) is 2.95. The van der Waals surface area contributed by atoms with Gasteiger partial charge in [0, 0.05) is 39.0 Å². The number of benzene rings is 3. The van der Waals surface area contributed by atoms with Crippen molar-refractivity contribution in [1.82, 2.24) is 14.5 Å². The van der Waals surface area contributed by atoms with Crippen LogP contribution in [0, 0.1) is 0 Å². The third-order valence-electron chi connectivity index (χ3n) is 6.50. The smallest absolute Gasteiger partial charge is 0.243 e. The van der Waals surface area contributed by atoms with Gasteiger partial charge in [0.15, 0.2) is 0 Å². The van der Waals surface area contributed by atoms with Crippen molar-refractivity contribution in [1.29, 1.82) is 0 Å². The van der Waals surface area contributed by atoms with E-state index in [0.29, 0.717) is 18.6 Å². The van der Waals surface area contributed by atoms with Crippen LogP contribution in [-0.4, -0.2) is 62.2 Å². The van der Waals surface area contributed by atoms with Gasteiger partial charge in [0.05, 0.1) is 12.0 Å². The summed E-state index contributed by atoms with van der Waals surface area (Å²) in [5, 5.41) is 2.97. The normalized spacial score (nSPS) is 12.2. The van der Waals surface area contributed by atoms with Crippen LogP contribution in [0.25, 0.3) is 0 Å². The van der Waals surface area contributed by atoms with E-state index < -0.39 is 16.1 Å². The van der Waals surface area contributed by atoms with Gasteiger partial charge in [-0.25, -0.2) is 12.7 Å². The predicted octanol–water partition coefficient (Wildman–Crippen LogP) is 4.26. The van der Waals surface area contributed by atoms with E-state index in [1.165, 1.54) is 11.4 Å². The minimum Gasteiger partial charge on any atom is -0.497 e. The molecule has 0 aliphatic rings. The number of nitrogens with one attached hydrogen (secondary N) is 1. The van der Waals surface area contributed by atoms with Crippen molar-refractivity contribution >= 4 is 21.8 Å². The minimum absolute atomic E-state index is 0.0822. The fourth-order valence-electron chi connectivity index (χ4n) is 4.39. The van der Waals surface area contributed by atoms with Gasteiger partial charge < -0.3 is 15.0 Å². The molecule has 1 N–H and O–H groups in total. The maximum absolute atomic E-state index is 13.8. The van der Waals surface area contributed by atoms with Gasteiger partial charge in [0.1, 0.15) is 11.8 Å². The molecule has 0 aliphatic carbocycles. The molecule has 1 atom stereocenters. The number of sulfonamides is 1. The molecule has 3 aromatic carbocycles. The van der Waals surface area contributed by atoms with Crippen LogP contribution >= 0.6 is 0 Å². The van der Waals surface area contributed by atoms with E-state index in [1.807, 2.05) is 68.4 Å². The molecule has 0 heterocycles. The lowest BCUT2D eigenvalue weighted by Gasteiger charge is -2.32. The number of hydrogen-bond acceptors (Lipinski definition) is 5. The molecule has 0 saturated carbocycles. The zero-order valence-electron chi connectivity index (χ0n) is 23.6. The summed E-state index contributed by atoms with van der Waals surface area (Å²) in [5.74, 6) is 0.191. The number of hydrogen-bond donors (Lipinski definition) is 1. The van der Waals surface area contributed by atoms with E-state index in [4.69, 9.17) is 4.74 Å². The Bertz CT molecular complexity index is 1350.